The third kappa shape index (κ3) is 3.27. The molecule has 2 rings (SSSR count). The van der Waals surface area contributed by atoms with Crippen LogP contribution < -0.4 is 10.1 Å². The molecule has 1 atom stereocenters. The largest absolute Gasteiger partial charge is 0.496 e. The van der Waals surface area contributed by atoms with E-state index in [4.69, 9.17) is 4.74 Å². The molecule has 2 nitrogen and oxygen atoms in total. The summed E-state index contributed by atoms with van der Waals surface area (Å²) in [5.74, 6) is 0.983. The van der Waals surface area contributed by atoms with Crippen LogP contribution in [0, 0.1) is 13.8 Å². The lowest BCUT2D eigenvalue weighted by Crippen LogP contribution is -2.14. The molecule has 0 heterocycles. The number of nitrogens with one attached hydrogen (secondary N) is 1. The summed E-state index contributed by atoms with van der Waals surface area (Å²) in [4.78, 5) is 0. The van der Waals surface area contributed by atoms with Gasteiger partial charge in [0.05, 0.1) is 7.11 Å². The number of rotatable bonds is 5. The third-order valence-corrected chi connectivity index (χ3v) is 4.07. The molecule has 21 heavy (non-hydrogen) atoms. The molecule has 0 bridgehead atoms. The van der Waals surface area contributed by atoms with Crippen LogP contribution in [0.25, 0.3) is 11.1 Å². The van der Waals surface area contributed by atoms with Gasteiger partial charge in [0.2, 0.25) is 0 Å². The minimum Gasteiger partial charge on any atom is -0.496 e. The van der Waals surface area contributed by atoms with Crippen LogP contribution in [0.1, 0.15) is 36.1 Å². The van der Waals surface area contributed by atoms with E-state index in [1.807, 2.05) is 7.05 Å². The van der Waals surface area contributed by atoms with E-state index in [-0.39, 0.29) is 0 Å². The SMILES string of the molecule is CCC(NC)c1ccc(-c2cc(C)c(OC)c(C)c2)cc1. The van der Waals surface area contributed by atoms with Crippen molar-refractivity contribution in [2.75, 3.05) is 14.2 Å². The van der Waals surface area contributed by atoms with Crippen LogP contribution in [0.4, 0.5) is 0 Å². The predicted molar refractivity (Wildman–Crippen MR) is 90.0 cm³/mol. The molecule has 0 fully saturated rings. The number of hydrogen-bond acceptors (Lipinski definition) is 2. The van der Waals surface area contributed by atoms with Crippen molar-refractivity contribution >= 4 is 0 Å². The molecular formula is C19H25NO. The van der Waals surface area contributed by atoms with E-state index < -0.39 is 0 Å². The average molecular weight is 283 g/mol. The summed E-state index contributed by atoms with van der Waals surface area (Å²) in [6.45, 7) is 6.39. The van der Waals surface area contributed by atoms with Crippen molar-refractivity contribution in [3.8, 4) is 16.9 Å². The van der Waals surface area contributed by atoms with Crippen LogP contribution >= 0.6 is 0 Å². The molecule has 2 aromatic carbocycles. The molecule has 0 aromatic heterocycles. The fourth-order valence-corrected chi connectivity index (χ4v) is 2.95. The molecule has 0 radical (unpaired) electrons. The molecular weight excluding hydrogens is 258 g/mol. The average Bonchev–Trinajstić information content (AvgIpc) is 2.49. The normalized spacial score (nSPS) is 12.2. The number of methoxy groups -OCH3 is 1. The van der Waals surface area contributed by atoms with E-state index in [0.29, 0.717) is 6.04 Å². The maximum Gasteiger partial charge on any atom is 0.124 e. The first-order chi connectivity index (χ1) is 10.1. The van der Waals surface area contributed by atoms with Crippen molar-refractivity contribution in [2.24, 2.45) is 0 Å². The molecule has 0 saturated carbocycles. The van der Waals surface area contributed by atoms with Gasteiger partial charge in [0.25, 0.3) is 0 Å². The summed E-state index contributed by atoms with van der Waals surface area (Å²) in [7, 11) is 3.74. The van der Waals surface area contributed by atoms with Gasteiger partial charge in [0.1, 0.15) is 5.75 Å². The molecule has 0 aliphatic carbocycles. The van der Waals surface area contributed by atoms with Crippen LogP contribution in [0.15, 0.2) is 36.4 Å². The molecule has 0 spiro atoms. The van der Waals surface area contributed by atoms with Crippen molar-refractivity contribution in [3.63, 3.8) is 0 Å². The first kappa shape index (κ1) is 15.6. The summed E-state index contributed by atoms with van der Waals surface area (Å²) in [6.07, 6.45) is 1.09. The van der Waals surface area contributed by atoms with Gasteiger partial charge in [-0.05, 0) is 67.3 Å². The Bertz CT molecular complexity index is 574. The number of ether oxygens (including phenoxy) is 1. The lowest BCUT2D eigenvalue weighted by Gasteiger charge is -2.15. The Labute approximate surface area is 128 Å². The zero-order valence-corrected chi connectivity index (χ0v) is 13.7. The van der Waals surface area contributed by atoms with Crippen molar-refractivity contribution in [3.05, 3.63) is 53.1 Å². The monoisotopic (exact) mass is 283 g/mol. The van der Waals surface area contributed by atoms with Crippen LogP contribution in [0.2, 0.25) is 0 Å². The van der Waals surface area contributed by atoms with Crippen LogP contribution in [0.5, 0.6) is 5.75 Å². The van der Waals surface area contributed by atoms with Crippen LogP contribution in [0.3, 0.4) is 0 Å². The van der Waals surface area contributed by atoms with Gasteiger partial charge in [-0.1, -0.05) is 31.2 Å². The summed E-state index contributed by atoms with van der Waals surface area (Å²) < 4.78 is 5.44. The van der Waals surface area contributed by atoms with Gasteiger partial charge in [0, 0.05) is 6.04 Å². The second kappa shape index (κ2) is 6.77. The zero-order chi connectivity index (χ0) is 15.4. The van der Waals surface area contributed by atoms with Gasteiger partial charge >= 0.3 is 0 Å². The van der Waals surface area contributed by atoms with Gasteiger partial charge in [-0.25, -0.2) is 0 Å². The Kier molecular flexibility index (Phi) is 5.03. The lowest BCUT2D eigenvalue weighted by molar-refractivity contribution is 0.408. The molecule has 1 N–H and O–H groups in total. The smallest absolute Gasteiger partial charge is 0.124 e. The molecule has 2 aromatic rings. The fourth-order valence-electron chi connectivity index (χ4n) is 2.95. The Morgan fingerprint density at radius 1 is 1.00 bits per heavy atom. The standard InChI is InChI=1S/C19H25NO/c1-6-18(20-4)16-9-7-15(8-10-16)17-11-13(2)19(21-5)14(3)12-17/h7-12,18,20H,6H2,1-5H3. The maximum atomic E-state index is 5.44. The Morgan fingerprint density at radius 2 is 1.57 bits per heavy atom. The topological polar surface area (TPSA) is 21.3 Å². The van der Waals surface area contributed by atoms with E-state index >= 15 is 0 Å². The Hall–Kier alpha value is -1.80. The molecule has 112 valence electrons. The van der Waals surface area contributed by atoms with Crippen LogP contribution in [-0.2, 0) is 0 Å². The summed E-state index contributed by atoms with van der Waals surface area (Å²) in [5, 5.41) is 3.34. The number of benzene rings is 2. The minimum atomic E-state index is 0.429. The highest BCUT2D eigenvalue weighted by Crippen LogP contribution is 2.30. The highest BCUT2D eigenvalue weighted by Gasteiger charge is 2.09. The predicted octanol–water partition coefficient (Wildman–Crippen LogP) is 4.65. The van der Waals surface area contributed by atoms with Crippen molar-refractivity contribution < 1.29 is 4.74 Å². The number of hydrogen-bond donors (Lipinski definition) is 1. The molecule has 1 unspecified atom stereocenters. The van der Waals surface area contributed by atoms with E-state index in [1.54, 1.807) is 7.11 Å². The fraction of sp³-hybridized carbons (Fsp3) is 0.368. The van der Waals surface area contributed by atoms with Gasteiger partial charge in [-0.2, -0.15) is 0 Å². The van der Waals surface area contributed by atoms with Crippen molar-refractivity contribution in [1.82, 2.24) is 5.32 Å². The van der Waals surface area contributed by atoms with E-state index in [0.717, 1.165) is 12.2 Å². The highest BCUT2D eigenvalue weighted by atomic mass is 16.5. The first-order valence-electron chi connectivity index (χ1n) is 7.53. The summed E-state index contributed by atoms with van der Waals surface area (Å²) >= 11 is 0. The second-order valence-corrected chi connectivity index (χ2v) is 5.51. The van der Waals surface area contributed by atoms with E-state index in [1.165, 1.54) is 27.8 Å². The summed E-state index contributed by atoms with van der Waals surface area (Å²) in [6, 6.07) is 13.7. The maximum absolute atomic E-state index is 5.44. The quantitative estimate of drug-likeness (QED) is 0.862. The minimum absolute atomic E-state index is 0.429. The Balaban J connectivity index is 2.35. The van der Waals surface area contributed by atoms with Crippen molar-refractivity contribution in [2.45, 2.75) is 33.2 Å². The highest BCUT2D eigenvalue weighted by molar-refractivity contribution is 5.67. The van der Waals surface area contributed by atoms with Gasteiger partial charge in [0.15, 0.2) is 0 Å². The van der Waals surface area contributed by atoms with Crippen LogP contribution in [-0.4, -0.2) is 14.2 Å². The summed E-state index contributed by atoms with van der Waals surface area (Å²) in [5.41, 5.74) is 6.19. The molecule has 0 aliphatic heterocycles. The lowest BCUT2D eigenvalue weighted by atomic mass is 9.97. The third-order valence-electron chi connectivity index (χ3n) is 4.07. The molecule has 0 saturated heterocycles. The number of aryl methyl sites for hydroxylation is 2. The van der Waals surface area contributed by atoms with Gasteiger partial charge in [-0.15, -0.1) is 0 Å². The first-order valence-corrected chi connectivity index (χ1v) is 7.53. The zero-order valence-electron chi connectivity index (χ0n) is 13.7. The van der Waals surface area contributed by atoms with E-state index in [2.05, 4.69) is 62.5 Å². The van der Waals surface area contributed by atoms with E-state index in [9.17, 15) is 0 Å². The molecule has 0 amide bonds. The molecule has 2 heteroatoms. The van der Waals surface area contributed by atoms with Crippen molar-refractivity contribution in [1.29, 1.82) is 0 Å². The van der Waals surface area contributed by atoms with Gasteiger partial charge < -0.3 is 10.1 Å². The van der Waals surface area contributed by atoms with Gasteiger partial charge in [-0.3, -0.25) is 0 Å². The molecule has 0 aliphatic rings. The Morgan fingerprint density at radius 3 is 2.00 bits per heavy atom. The second-order valence-electron chi connectivity index (χ2n) is 5.51.